The summed E-state index contributed by atoms with van der Waals surface area (Å²) >= 11 is 1.57. The second-order valence-corrected chi connectivity index (χ2v) is 8.31. The average molecular weight is 418 g/mol. The van der Waals surface area contributed by atoms with Gasteiger partial charge < -0.3 is 9.64 Å². The molecular weight excluding hydrogens is 394 g/mol. The number of thiazole rings is 1. The van der Waals surface area contributed by atoms with E-state index in [0.29, 0.717) is 19.6 Å². The van der Waals surface area contributed by atoms with Crippen molar-refractivity contribution in [2.24, 2.45) is 0 Å². The summed E-state index contributed by atoms with van der Waals surface area (Å²) in [6.45, 7) is 4.11. The number of imidazole rings is 1. The Morgan fingerprint density at radius 1 is 1.13 bits per heavy atom. The van der Waals surface area contributed by atoms with Crippen molar-refractivity contribution in [3.63, 3.8) is 0 Å². The number of hydrogen-bond donors (Lipinski definition) is 0. The molecule has 1 aliphatic heterocycles. The van der Waals surface area contributed by atoms with E-state index < -0.39 is 0 Å². The van der Waals surface area contributed by atoms with Crippen LogP contribution in [0.5, 0.6) is 5.75 Å². The number of ether oxygens (including phenoxy) is 1. The third kappa shape index (κ3) is 3.59. The normalized spacial score (nSPS) is 13.4. The largest absolute Gasteiger partial charge is 0.494 e. The van der Waals surface area contributed by atoms with E-state index in [1.165, 1.54) is 11.1 Å². The van der Waals surface area contributed by atoms with Gasteiger partial charge in [-0.05, 0) is 48.7 Å². The van der Waals surface area contributed by atoms with Crippen LogP contribution in [-0.2, 0) is 24.2 Å². The highest BCUT2D eigenvalue weighted by molar-refractivity contribution is 7.15. The van der Waals surface area contributed by atoms with Crippen LogP contribution in [0.25, 0.3) is 16.2 Å². The molecule has 0 fully saturated rings. The molecule has 0 saturated carbocycles. The maximum absolute atomic E-state index is 13.0. The lowest BCUT2D eigenvalue weighted by Crippen LogP contribution is -2.37. The molecule has 6 heteroatoms. The predicted octanol–water partition coefficient (Wildman–Crippen LogP) is 4.59. The van der Waals surface area contributed by atoms with Crippen LogP contribution in [-0.4, -0.2) is 33.3 Å². The van der Waals surface area contributed by atoms with Gasteiger partial charge in [0, 0.05) is 35.9 Å². The summed E-state index contributed by atoms with van der Waals surface area (Å²) in [6, 6.07) is 16.4. The van der Waals surface area contributed by atoms with Crippen molar-refractivity contribution in [3.05, 3.63) is 76.9 Å². The molecule has 0 N–H and O–H groups in total. The molecule has 4 aromatic rings. The summed E-state index contributed by atoms with van der Waals surface area (Å²) in [4.78, 5) is 20.6. The van der Waals surface area contributed by atoms with Crippen LogP contribution in [0.15, 0.2) is 60.1 Å². The topological polar surface area (TPSA) is 46.8 Å². The van der Waals surface area contributed by atoms with Crippen molar-refractivity contribution in [3.8, 4) is 17.0 Å². The molecule has 3 heterocycles. The van der Waals surface area contributed by atoms with E-state index in [0.717, 1.165) is 40.6 Å². The second kappa shape index (κ2) is 7.95. The van der Waals surface area contributed by atoms with E-state index in [4.69, 9.17) is 9.72 Å². The van der Waals surface area contributed by atoms with Crippen molar-refractivity contribution >= 4 is 22.2 Å². The smallest absolute Gasteiger partial charge is 0.228 e. The summed E-state index contributed by atoms with van der Waals surface area (Å²) in [5, 5.41) is 2.04. The third-order valence-electron chi connectivity index (χ3n) is 5.56. The molecular formula is C24H23N3O2S. The fraction of sp³-hybridized carbons (Fsp3) is 0.250. The molecule has 0 aliphatic carbocycles. The maximum Gasteiger partial charge on any atom is 0.228 e. The summed E-state index contributed by atoms with van der Waals surface area (Å²) in [7, 11) is 0. The first-order valence-electron chi connectivity index (χ1n) is 10.2. The van der Waals surface area contributed by atoms with Gasteiger partial charge in [-0.2, -0.15) is 0 Å². The molecule has 5 nitrogen and oxygen atoms in total. The van der Waals surface area contributed by atoms with Crippen LogP contribution < -0.4 is 4.74 Å². The minimum atomic E-state index is 0.167. The zero-order chi connectivity index (χ0) is 20.5. The Morgan fingerprint density at radius 3 is 2.73 bits per heavy atom. The highest BCUT2D eigenvalue weighted by Crippen LogP contribution is 2.26. The van der Waals surface area contributed by atoms with Gasteiger partial charge in [0.05, 0.1) is 18.7 Å². The number of carbonyl (C=O) groups excluding carboxylic acids is 1. The first-order chi connectivity index (χ1) is 14.7. The van der Waals surface area contributed by atoms with Gasteiger partial charge in [-0.15, -0.1) is 11.3 Å². The van der Waals surface area contributed by atoms with Crippen LogP contribution in [0.3, 0.4) is 0 Å². The zero-order valence-corrected chi connectivity index (χ0v) is 17.7. The van der Waals surface area contributed by atoms with Crippen LogP contribution in [0.4, 0.5) is 0 Å². The second-order valence-electron chi connectivity index (χ2n) is 7.47. The number of nitrogens with zero attached hydrogens (tertiary/aromatic N) is 3. The molecule has 2 aromatic carbocycles. The predicted molar refractivity (Wildman–Crippen MR) is 119 cm³/mol. The number of rotatable bonds is 5. The van der Waals surface area contributed by atoms with Gasteiger partial charge in [0.25, 0.3) is 0 Å². The van der Waals surface area contributed by atoms with Crippen molar-refractivity contribution in [2.75, 3.05) is 13.2 Å². The van der Waals surface area contributed by atoms with E-state index in [1.807, 2.05) is 58.1 Å². The van der Waals surface area contributed by atoms with Gasteiger partial charge in [0.1, 0.15) is 5.75 Å². The lowest BCUT2D eigenvalue weighted by Gasteiger charge is -2.28. The molecule has 0 bridgehead atoms. The fourth-order valence-electron chi connectivity index (χ4n) is 3.96. The first-order valence-corrected chi connectivity index (χ1v) is 11.1. The van der Waals surface area contributed by atoms with E-state index in [9.17, 15) is 4.79 Å². The number of fused-ring (bicyclic) bond motifs is 2. The summed E-state index contributed by atoms with van der Waals surface area (Å²) in [6.07, 6.45) is 3.34. The van der Waals surface area contributed by atoms with Crippen LogP contribution in [0, 0.1) is 0 Å². The molecule has 0 unspecified atom stereocenters. The maximum atomic E-state index is 13.0. The quantitative estimate of drug-likeness (QED) is 0.477. The Labute approximate surface area is 179 Å². The van der Waals surface area contributed by atoms with Gasteiger partial charge >= 0.3 is 0 Å². The molecule has 0 atom stereocenters. The monoisotopic (exact) mass is 417 g/mol. The Morgan fingerprint density at radius 2 is 1.93 bits per heavy atom. The van der Waals surface area contributed by atoms with Crippen molar-refractivity contribution in [1.29, 1.82) is 0 Å². The minimum absolute atomic E-state index is 0.167. The van der Waals surface area contributed by atoms with Crippen LogP contribution >= 0.6 is 11.3 Å². The molecule has 0 spiro atoms. The summed E-state index contributed by atoms with van der Waals surface area (Å²) < 4.78 is 7.57. The Bertz CT molecular complexity index is 1190. The molecule has 1 amide bonds. The average Bonchev–Trinajstić information content (AvgIpc) is 3.36. The van der Waals surface area contributed by atoms with Crippen LogP contribution in [0.2, 0.25) is 0 Å². The lowest BCUT2D eigenvalue weighted by molar-refractivity contribution is -0.131. The number of benzene rings is 2. The van der Waals surface area contributed by atoms with Gasteiger partial charge in [0.15, 0.2) is 4.96 Å². The SMILES string of the molecule is CCOc1ccc(-c2cn3c(CC(=O)N4CCc5ccccc5C4)csc3n2)cc1. The Kier molecular flexibility index (Phi) is 5.01. The molecule has 5 rings (SSSR count). The Hall–Kier alpha value is -3.12. The standard InChI is InChI=1S/C24H23N3O2S/c1-2-29-21-9-7-18(8-10-21)22-15-27-20(16-30-24(27)25-22)13-23(28)26-12-11-17-5-3-4-6-19(17)14-26/h3-10,15-16H,2,11-14H2,1H3. The van der Waals surface area contributed by atoms with Crippen molar-refractivity contribution in [1.82, 2.24) is 14.3 Å². The fourth-order valence-corrected chi connectivity index (χ4v) is 4.83. The molecule has 2 aromatic heterocycles. The van der Waals surface area contributed by atoms with E-state index in [-0.39, 0.29) is 5.91 Å². The zero-order valence-electron chi connectivity index (χ0n) is 16.9. The van der Waals surface area contributed by atoms with Gasteiger partial charge in [-0.25, -0.2) is 4.98 Å². The number of carbonyl (C=O) groups is 1. The minimum Gasteiger partial charge on any atom is -0.494 e. The van der Waals surface area contributed by atoms with Crippen LogP contribution in [0.1, 0.15) is 23.7 Å². The number of aromatic nitrogens is 2. The number of amides is 1. The van der Waals surface area contributed by atoms with Crippen molar-refractivity contribution in [2.45, 2.75) is 26.3 Å². The van der Waals surface area contributed by atoms with Gasteiger partial charge in [-0.3, -0.25) is 9.20 Å². The molecule has 30 heavy (non-hydrogen) atoms. The van der Waals surface area contributed by atoms with Crippen molar-refractivity contribution < 1.29 is 9.53 Å². The highest BCUT2D eigenvalue weighted by Gasteiger charge is 2.22. The summed E-state index contributed by atoms with van der Waals surface area (Å²) in [5.74, 6) is 1.03. The Balaban J connectivity index is 1.33. The first kappa shape index (κ1) is 18.9. The van der Waals surface area contributed by atoms with E-state index in [2.05, 4.69) is 18.2 Å². The van der Waals surface area contributed by atoms with Gasteiger partial charge in [-0.1, -0.05) is 24.3 Å². The third-order valence-corrected chi connectivity index (χ3v) is 6.45. The highest BCUT2D eigenvalue weighted by atomic mass is 32.1. The molecule has 0 saturated heterocycles. The van der Waals surface area contributed by atoms with E-state index in [1.54, 1.807) is 11.3 Å². The van der Waals surface area contributed by atoms with Gasteiger partial charge in [0.2, 0.25) is 5.91 Å². The van der Waals surface area contributed by atoms with E-state index >= 15 is 0 Å². The summed E-state index contributed by atoms with van der Waals surface area (Å²) in [5.41, 5.74) is 5.55. The lowest BCUT2D eigenvalue weighted by atomic mass is 10.00. The number of hydrogen-bond acceptors (Lipinski definition) is 4. The molecule has 152 valence electrons. The molecule has 0 radical (unpaired) electrons. The molecule has 1 aliphatic rings.